The molecule has 0 aromatic carbocycles. The van der Waals surface area contributed by atoms with Gasteiger partial charge in [-0.3, -0.25) is 0 Å². The molecule has 0 aliphatic heterocycles. The lowest BCUT2D eigenvalue weighted by Gasteiger charge is -1.45. The summed E-state index contributed by atoms with van der Waals surface area (Å²) in [7, 11) is 0. The molecule has 4 N–H and O–H groups in total. The average Bonchev–Trinajstić information content (AvgIpc) is 0.918. The molecule has 0 unspecified atom stereocenters. The highest BCUT2D eigenvalue weighted by molar-refractivity contribution is 14.1. The van der Waals surface area contributed by atoms with E-state index in [4.69, 9.17) is 0 Å². The summed E-state index contributed by atoms with van der Waals surface area (Å²) in [4.78, 5) is 0. The largest absolute Gasteiger partial charge is 0.369 e. The van der Waals surface area contributed by atoms with Crippen LogP contribution < -0.4 is 6.15 Å². The molecule has 0 aliphatic carbocycles. The molecule has 1 nitrogen and oxygen atoms in total. The number of halogens is 1. The molecule has 0 fully saturated rings. The number of quaternary nitrogens is 1. The second kappa shape index (κ2) is 9.35. The van der Waals surface area contributed by atoms with Crippen molar-refractivity contribution in [1.29, 1.82) is 0 Å². The standard InChI is InChI=1S/C2H5I.H3N/c1-2-3;/h2H2,1H3;1H3/p+1. The quantitative estimate of drug-likeness (QED) is 0.429. The SMILES string of the molecule is CCI.[NH4+]. The third-order valence-electron chi connectivity index (χ3n) is 0. The van der Waals surface area contributed by atoms with Gasteiger partial charge in [0.15, 0.2) is 0 Å². The van der Waals surface area contributed by atoms with Gasteiger partial charge in [-0.15, -0.1) is 0 Å². The normalized spacial score (nSPS) is 4.50. The van der Waals surface area contributed by atoms with E-state index in [1.165, 1.54) is 4.43 Å². The fourth-order valence-corrected chi connectivity index (χ4v) is 0. The Morgan fingerprint density at radius 3 is 1.75 bits per heavy atom. The van der Waals surface area contributed by atoms with E-state index in [0.717, 1.165) is 0 Å². The first-order valence-corrected chi connectivity index (χ1v) is 2.50. The molecule has 0 saturated heterocycles. The molecule has 0 aromatic rings. The van der Waals surface area contributed by atoms with Gasteiger partial charge < -0.3 is 6.15 Å². The van der Waals surface area contributed by atoms with Gasteiger partial charge in [0.25, 0.3) is 0 Å². The number of hydrogen-bond acceptors (Lipinski definition) is 0. The Hall–Kier alpha value is 0.690. The Labute approximate surface area is 40.5 Å². The Morgan fingerprint density at radius 1 is 1.75 bits per heavy atom. The lowest BCUT2D eigenvalue weighted by atomic mass is 11.0. The highest BCUT2D eigenvalue weighted by Crippen LogP contribution is 1.69. The summed E-state index contributed by atoms with van der Waals surface area (Å²) < 4.78 is 1.22. The maximum atomic E-state index is 2.29. The zero-order valence-electron chi connectivity index (χ0n) is 3.09. The van der Waals surface area contributed by atoms with Crippen LogP contribution in [-0.2, 0) is 0 Å². The fraction of sp³-hybridized carbons (Fsp3) is 1.00. The van der Waals surface area contributed by atoms with E-state index >= 15 is 0 Å². The van der Waals surface area contributed by atoms with Crippen molar-refractivity contribution < 1.29 is 0 Å². The van der Waals surface area contributed by atoms with Crippen molar-refractivity contribution in [3.63, 3.8) is 0 Å². The number of alkyl halides is 1. The van der Waals surface area contributed by atoms with Crippen molar-refractivity contribution in [3.05, 3.63) is 0 Å². The van der Waals surface area contributed by atoms with E-state index in [1.807, 2.05) is 0 Å². The van der Waals surface area contributed by atoms with Crippen LogP contribution in [0.3, 0.4) is 0 Å². The number of hydrogen-bond donors (Lipinski definition) is 1. The predicted molar refractivity (Wildman–Crippen MR) is 30.5 cm³/mol. The summed E-state index contributed by atoms with van der Waals surface area (Å²) in [6, 6.07) is 0. The molecule has 0 saturated carbocycles. The monoisotopic (exact) mass is 174 g/mol. The molecule has 28 valence electrons. The molecule has 0 aromatic heterocycles. The Morgan fingerprint density at radius 2 is 1.75 bits per heavy atom. The van der Waals surface area contributed by atoms with Gasteiger partial charge in [0.1, 0.15) is 0 Å². The van der Waals surface area contributed by atoms with Crippen LogP contribution in [0.5, 0.6) is 0 Å². The third-order valence-corrected chi connectivity index (χ3v) is 0. The van der Waals surface area contributed by atoms with Gasteiger partial charge in [-0.2, -0.15) is 0 Å². The van der Waals surface area contributed by atoms with Gasteiger partial charge in [0, 0.05) is 0 Å². The van der Waals surface area contributed by atoms with E-state index in [9.17, 15) is 0 Å². The fourth-order valence-electron chi connectivity index (χ4n) is 0. The zero-order chi connectivity index (χ0) is 2.71. The van der Waals surface area contributed by atoms with Crippen LogP contribution in [0.15, 0.2) is 0 Å². The molecule has 0 rings (SSSR count). The van der Waals surface area contributed by atoms with E-state index in [2.05, 4.69) is 29.5 Å². The topological polar surface area (TPSA) is 36.5 Å². The second-order valence-electron chi connectivity index (χ2n) is 0.267. The first-order chi connectivity index (χ1) is 1.41. The van der Waals surface area contributed by atoms with Crippen LogP contribution in [0.25, 0.3) is 0 Å². The smallest absolute Gasteiger partial charge is 0.00332 e. The van der Waals surface area contributed by atoms with E-state index in [1.54, 1.807) is 0 Å². The van der Waals surface area contributed by atoms with E-state index < -0.39 is 0 Å². The van der Waals surface area contributed by atoms with Crippen LogP contribution in [0.1, 0.15) is 6.92 Å². The van der Waals surface area contributed by atoms with Crippen LogP contribution in [0, 0.1) is 0 Å². The second-order valence-corrected chi connectivity index (χ2v) is 1.79. The molecule has 0 amide bonds. The average molecular weight is 174 g/mol. The minimum Gasteiger partial charge on any atom is -0.369 e. The van der Waals surface area contributed by atoms with E-state index in [-0.39, 0.29) is 6.15 Å². The molecular weight excluding hydrogens is 165 g/mol. The summed E-state index contributed by atoms with van der Waals surface area (Å²) in [5.41, 5.74) is 0. The molecule has 0 atom stereocenters. The number of rotatable bonds is 0. The summed E-state index contributed by atoms with van der Waals surface area (Å²) in [5.74, 6) is 0. The maximum Gasteiger partial charge on any atom is -0.00332 e. The lowest BCUT2D eigenvalue weighted by molar-refractivity contribution is 1.58. The lowest BCUT2D eigenvalue weighted by Crippen LogP contribution is -1.33. The van der Waals surface area contributed by atoms with Crippen molar-refractivity contribution in [2.24, 2.45) is 0 Å². The summed E-state index contributed by atoms with van der Waals surface area (Å²) >= 11 is 2.29. The first-order valence-electron chi connectivity index (χ1n) is 0.974. The van der Waals surface area contributed by atoms with Crippen molar-refractivity contribution in [1.82, 2.24) is 6.15 Å². The van der Waals surface area contributed by atoms with Crippen LogP contribution in [0.2, 0.25) is 0 Å². The van der Waals surface area contributed by atoms with Crippen LogP contribution >= 0.6 is 22.6 Å². The van der Waals surface area contributed by atoms with Gasteiger partial charge in [0.2, 0.25) is 0 Å². The molecule has 0 radical (unpaired) electrons. The molecule has 0 aliphatic rings. The first kappa shape index (κ1) is 8.83. The zero-order valence-corrected chi connectivity index (χ0v) is 5.24. The summed E-state index contributed by atoms with van der Waals surface area (Å²) in [6.45, 7) is 2.11. The highest BCUT2D eigenvalue weighted by atomic mass is 127. The predicted octanol–water partition coefficient (Wildman–Crippen LogP) is 1.82. The minimum absolute atomic E-state index is 0. The third kappa shape index (κ3) is 16.1. The van der Waals surface area contributed by atoms with Crippen molar-refractivity contribution in [2.75, 3.05) is 4.43 Å². The summed E-state index contributed by atoms with van der Waals surface area (Å²) in [5, 5.41) is 0. The van der Waals surface area contributed by atoms with Crippen LogP contribution in [-0.4, -0.2) is 4.43 Å². The molecular formula is C2H9IN+. The van der Waals surface area contributed by atoms with Gasteiger partial charge >= 0.3 is 0 Å². The molecule has 0 spiro atoms. The Kier molecular flexibility index (Phi) is 20.6. The molecule has 4 heavy (non-hydrogen) atoms. The van der Waals surface area contributed by atoms with Crippen molar-refractivity contribution in [3.8, 4) is 0 Å². The summed E-state index contributed by atoms with van der Waals surface area (Å²) in [6.07, 6.45) is 0. The van der Waals surface area contributed by atoms with Crippen molar-refractivity contribution >= 4 is 22.6 Å². The van der Waals surface area contributed by atoms with E-state index in [0.29, 0.717) is 0 Å². The van der Waals surface area contributed by atoms with Gasteiger partial charge in [-0.1, -0.05) is 29.5 Å². The molecule has 2 heteroatoms. The van der Waals surface area contributed by atoms with Gasteiger partial charge in [-0.25, -0.2) is 0 Å². The Balaban J connectivity index is 0. The Bertz CT molecular complexity index is 6.00. The van der Waals surface area contributed by atoms with Crippen molar-refractivity contribution in [2.45, 2.75) is 6.92 Å². The van der Waals surface area contributed by atoms with Crippen LogP contribution in [0.4, 0.5) is 0 Å². The molecule has 0 bridgehead atoms. The minimum atomic E-state index is 0. The van der Waals surface area contributed by atoms with Gasteiger partial charge in [-0.05, 0) is 4.43 Å². The molecule has 0 heterocycles. The highest BCUT2D eigenvalue weighted by Gasteiger charge is 1.38. The van der Waals surface area contributed by atoms with Gasteiger partial charge in [0.05, 0.1) is 0 Å². The maximum absolute atomic E-state index is 2.29.